The van der Waals surface area contributed by atoms with E-state index in [1.54, 1.807) is 48.5 Å². The number of anilines is 1. The molecule has 2 aromatic carbocycles. The number of carbonyl (C=O) groups is 1. The predicted molar refractivity (Wildman–Crippen MR) is 96.9 cm³/mol. The second-order valence-electron chi connectivity index (χ2n) is 4.91. The average Bonchev–Trinajstić information content (AvgIpc) is 2.58. The van der Waals surface area contributed by atoms with Crippen LogP contribution in [-0.4, -0.2) is 15.7 Å². The second-order valence-corrected chi connectivity index (χ2v) is 6.26. The van der Waals surface area contributed by atoms with Gasteiger partial charge in [0.25, 0.3) is 5.91 Å². The van der Waals surface area contributed by atoms with Crippen molar-refractivity contribution < 1.29 is 4.79 Å². The summed E-state index contributed by atoms with van der Waals surface area (Å²) in [5.74, 6) is -0.564. The number of halogens is 2. The van der Waals surface area contributed by atoms with Gasteiger partial charge in [-0.3, -0.25) is 9.59 Å². The molecule has 1 N–H and O–H groups in total. The second kappa shape index (κ2) is 6.98. The van der Waals surface area contributed by atoms with Crippen LogP contribution >= 0.6 is 27.5 Å². The van der Waals surface area contributed by atoms with Gasteiger partial charge in [-0.2, -0.15) is 5.10 Å². The van der Waals surface area contributed by atoms with Gasteiger partial charge in [-0.1, -0.05) is 27.5 Å². The highest BCUT2D eigenvalue weighted by molar-refractivity contribution is 9.10. The summed E-state index contributed by atoms with van der Waals surface area (Å²) in [6.45, 7) is 0. The average molecular weight is 405 g/mol. The van der Waals surface area contributed by atoms with E-state index in [9.17, 15) is 9.59 Å². The molecular weight excluding hydrogens is 394 g/mol. The molecule has 0 aliphatic carbocycles. The van der Waals surface area contributed by atoms with Gasteiger partial charge in [-0.15, -0.1) is 0 Å². The number of amides is 1. The van der Waals surface area contributed by atoms with Crippen LogP contribution in [0, 0.1) is 0 Å². The Morgan fingerprint density at radius 1 is 1.04 bits per heavy atom. The molecule has 0 fully saturated rings. The Labute approximate surface area is 151 Å². The first kappa shape index (κ1) is 16.4. The van der Waals surface area contributed by atoms with Crippen molar-refractivity contribution in [1.82, 2.24) is 9.78 Å². The van der Waals surface area contributed by atoms with Crippen LogP contribution < -0.4 is 10.7 Å². The fourth-order valence-electron chi connectivity index (χ4n) is 2.03. The fraction of sp³-hybridized carbons (Fsp3) is 0. The van der Waals surface area contributed by atoms with Crippen LogP contribution in [0.1, 0.15) is 10.5 Å². The number of nitrogens with zero attached hydrogens (tertiary/aromatic N) is 2. The van der Waals surface area contributed by atoms with Gasteiger partial charge in [0.1, 0.15) is 0 Å². The van der Waals surface area contributed by atoms with Crippen molar-refractivity contribution in [2.24, 2.45) is 0 Å². The highest BCUT2D eigenvalue weighted by Crippen LogP contribution is 2.15. The van der Waals surface area contributed by atoms with Crippen LogP contribution in [-0.2, 0) is 0 Å². The number of nitrogens with one attached hydrogen (secondary N) is 1. The first-order chi connectivity index (χ1) is 11.5. The lowest BCUT2D eigenvalue weighted by Crippen LogP contribution is -2.25. The smallest absolute Gasteiger partial charge is 0.280 e. The number of benzene rings is 2. The Morgan fingerprint density at radius 2 is 1.71 bits per heavy atom. The van der Waals surface area contributed by atoms with Gasteiger partial charge in [0.2, 0.25) is 5.43 Å². The SMILES string of the molecule is O=C(Nc1ccc(Br)cc1)c1nn(-c2ccc(Cl)cc2)ccc1=O. The summed E-state index contributed by atoms with van der Waals surface area (Å²) in [5, 5.41) is 7.37. The minimum Gasteiger partial charge on any atom is -0.320 e. The number of hydrogen-bond donors (Lipinski definition) is 1. The van der Waals surface area contributed by atoms with Crippen molar-refractivity contribution in [3.8, 4) is 5.69 Å². The molecule has 7 heteroatoms. The van der Waals surface area contributed by atoms with Crippen LogP contribution in [0.4, 0.5) is 5.69 Å². The lowest BCUT2D eigenvalue weighted by molar-refractivity contribution is 0.101. The Balaban J connectivity index is 1.91. The molecule has 0 atom stereocenters. The summed E-state index contributed by atoms with van der Waals surface area (Å²) < 4.78 is 2.34. The first-order valence-corrected chi connectivity index (χ1v) is 8.13. The molecule has 24 heavy (non-hydrogen) atoms. The molecule has 120 valence electrons. The van der Waals surface area contributed by atoms with Gasteiger partial charge in [0.15, 0.2) is 5.69 Å². The first-order valence-electron chi connectivity index (χ1n) is 6.96. The highest BCUT2D eigenvalue weighted by atomic mass is 79.9. The number of hydrogen-bond acceptors (Lipinski definition) is 3. The number of rotatable bonds is 3. The zero-order chi connectivity index (χ0) is 17.1. The molecule has 0 aliphatic heterocycles. The van der Waals surface area contributed by atoms with Gasteiger partial charge in [-0.05, 0) is 48.5 Å². The van der Waals surface area contributed by atoms with E-state index >= 15 is 0 Å². The van der Waals surface area contributed by atoms with E-state index in [0.717, 1.165) is 4.47 Å². The Bertz CT molecular complexity index is 937. The molecule has 3 rings (SSSR count). The van der Waals surface area contributed by atoms with Gasteiger partial charge in [-0.25, -0.2) is 4.68 Å². The van der Waals surface area contributed by atoms with Gasteiger partial charge >= 0.3 is 0 Å². The summed E-state index contributed by atoms with van der Waals surface area (Å²) in [6.07, 6.45) is 1.50. The Hall–Kier alpha value is -2.44. The predicted octanol–water partition coefficient (Wildman–Crippen LogP) is 3.90. The number of aromatic nitrogens is 2. The molecule has 0 bridgehead atoms. The van der Waals surface area contributed by atoms with Crippen molar-refractivity contribution in [3.63, 3.8) is 0 Å². The third kappa shape index (κ3) is 3.72. The van der Waals surface area contributed by atoms with Crippen molar-refractivity contribution in [2.45, 2.75) is 0 Å². The van der Waals surface area contributed by atoms with E-state index in [2.05, 4.69) is 26.3 Å². The molecule has 1 amide bonds. The Morgan fingerprint density at radius 3 is 2.38 bits per heavy atom. The largest absolute Gasteiger partial charge is 0.320 e. The zero-order valence-electron chi connectivity index (χ0n) is 12.2. The van der Waals surface area contributed by atoms with Crippen LogP contribution in [0.15, 0.2) is 70.1 Å². The molecule has 5 nitrogen and oxygen atoms in total. The monoisotopic (exact) mass is 403 g/mol. The van der Waals surface area contributed by atoms with Crippen molar-refractivity contribution in [2.75, 3.05) is 5.32 Å². The molecule has 0 saturated heterocycles. The van der Waals surface area contributed by atoms with E-state index in [-0.39, 0.29) is 5.69 Å². The topological polar surface area (TPSA) is 64.0 Å². The molecule has 1 heterocycles. The molecule has 0 unspecified atom stereocenters. The third-order valence-corrected chi connectivity index (χ3v) is 4.00. The van der Waals surface area contributed by atoms with Crippen molar-refractivity contribution in [3.05, 3.63) is 86.2 Å². The summed E-state index contributed by atoms with van der Waals surface area (Å²) in [4.78, 5) is 24.3. The van der Waals surface area contributed by atoms with E-state index in [1.165, 1.54) is 16.9 Å². The summed E-state index contributed by atoms with van der Waals surface area (Å²) in [6, 6.07) is 15.2. The summed E-state index contributed by atoms with van der Waals surface area (Å²) in [5.41, 5.74) is 0.633. The van der Waals surface area contributed by atoms with Crippen LogP contribution in [0.2, 0.25) is 5.02 Å². The molecule has 0 spiro atoms. The third-order valence-electron chi connectivity index (χ3n) is 3.22. The molecule has 0 aliphatic rings. The maximum Gasteiger partial charge on any atom is 0.280 e. The molecule has 3 aromatic rings. The van der Waals surface area contributed by atoms with E-state index in [1.807, 2.05) is 0 Å². The van der Waals surface area contributed by atoms with Crippen LogP contribution in [0.25, 0.3) is 5.69 Å². The fourth-order valence-corrected chi connectivity index (χ4v) is 2.42. The molecule has 0 radical (unpaired) electrons. The normalized spacial score (nSPS) is 10.4. The highest BCUT2D eigenvalue weighted by Gasteiger charge is 2.13. The van der Waals surface area contributed by atoms with E-state index < -0.39 is 11.3 Å². The standard InChI is InChI=1S/C17H11BrClN3O2/c18-11-1-5-13(6-2-11)20-17(24)16-15(23)9-10-22(21-16)14-7-3-12(19)4-8-14/h1-10H,(H,20,24). The quantitative estimate of drug-likeness (QED) is 0.720. The van der Waals surface area contributed by atoms with Gasteiger partial charge < -0.3 is 5.32 Å². The van der Waals surface area contributed by atoms with E-state index in [4.69, 9.17) is 11.6 Å². The summed E-state index contributed by atoms with van der Waals surface area (Å²) >= 11 is 9.18. The molecular formula is C17H11BrClN3O2. The van der Waals surface area contributed by atoms with Crippen LogP contribution in [0.5, 0.6) is 0 Å². The van der Waals surface area contributed by atoms with E-state index in [0.29, 0.717) is 16.4 Å². The van der Waals surface area contributed by atoms with Crippen LogP contribution in [0.3, 0.4) is 0 Å². The van der Waals surface area contributed by atoms with Gasteiger partial charge in [0.05, 0.1) is 5.69 Å². The van der Waals surface area contributed by atoms with Crippen molar-refractivity contribution >= 4 is 39.1 Å². The summed E-state index contributed by atoms with van der Waals surface area (Å²) in [7, 11) is 0. The molecule has 0 saturated carbocycles. The van der Waals surface area contributed by atoms with Crippen molar-refractivity contribution in [1.29, 1.82) is 0 Å². The number of carbonyl (C=O) groups excluding carboxylic acids is 1. The minimum absolute atomic E-state index is 0.185. The maximum absolute atomic E-state index is 12.3. The minimum atomic E-state index is -0.564. The Kier molecular flexibility index (Phi) is 4.78. The zero-order valence-corrected chi connectivity index (χ0v) is 14.6. The lowest BCUT2D eigenvalue weighted by Gasteiger charge is -2.08. The molecule has 1 aromatic heterocycles. The van der Waals surface area contributed by atoms with Gasteiger partial charge in [0, 0.05) is 27.4 Å². The lowest BCUT2D eigenvalue weighted by atomic mass is 10.3. The maximum atomic E-state index is 12.3.